The van der Waals surface area contributed by atoms with Crippen molar-refractivity contribution in [2.45, 2.75) is 18.9 Å². The summed E-state index contributed by atoms with van der Waals surface area (Å²) in [6.07, 6.45) is 7.84. The van der Waals surface area contributed by atoms with E-state index < -0.39 is 0 Å². The number of halogens is 1. The van der Waals surface area contributed by atoms with Gasteiger partial charge in [-0.3, -0.25) is 0 Å². The van der Waals surface area contributed by atoms with Crippen LogP contribution in [-0.2, 0) is 0 Å². The van der Waals surface area contributed by atoms with Crippen LogP contribution in [0.5, 0.6) is 0 Å². The van der Waals surface area contributed by atoms with E-state index in [1.54, 1.807) is 17.1 Å². The van der Waals surface area contributed by atoms with Gasteiger partial charge in [0.1, 0.15) is 0 Å². The molecule has 4 rings (SSSR count). The first-order chi connectivity index (χ1) is 12.7. The molecule has 1 fully saturated rings. The smallest absolute Gasteiger partial charge is 0.223 e. The number of nitrogens with one attached hydrogen (secondary N) is 1. The number of benzene rings is 1. The van der Waals surface area contributed by atoms with Gasteiger partial charge in [-0.05, 0) is 44.6 Å². The molecule has 0 radical (unpaired) electrons. The van der Waals surface area contributed by atoms with Crippen LogP contribution < -0.4 is 5.32 Å². The molecule has 1 aliphatic rings. The molecule has 1 aliphatic heterocycles. The maximum atomic E-state index is 6.26. The van der Waals surface area contributed by atoms with Crippen molar-refractivity contribution < 1.29 is 0 Å². The predicted octanol–water partition coefficient (Wildman–Crippen LogP) is 3.49. The first-order valence-corrected chi connectivity index (χ1v) is 9.15. The third-order valence-electron chi connectivity index (χ3n) is 4.59. The van der Waals surface area contributed by atoms with Gasteiger partial charge in [-0.1, -0.05) is 23.7 Å². The number of likely N-dealkylation sites (tertiary alicyclic amines) is 1. The molecule has 1 aromatic carbocycles. The monoisotopic (exact) mass is 368 g/mol. The van der Waals surface area contributed by atoms with E-state index in [-0.39, 0.29) is 0 Å². The SMILES string of the molecule is CN1CCCC(Nc2nccc(-c3cnn(-c4ccccc4Cl)c3)n2)C1. The Bertz CT molecular complexity index is 893. The van der Waals surface area contributed by atoms with E-state index in [4.69, 9.17) is 11.6 Å². The molecule has 2 aromatic heterocycles. The van der Waals surface area contributed by atoms with E-state index in [1.165, 1.54) is 6.42 Å². The fourth-order valence-electron chi connectivity index (χ4n) is 3.28. The van der Waals surface area contributed by atoms with Crippen molar-refractivity contribution >= 4 is 17.5 Å². The largest absolute Gasteiger partial charge is 0.350 e. The van der Waals surface area contributed by atoms with Crippen molar-refractivity contribution in [3.8, 4) is 16.9 Å². The Morgan fingerprint density at radius 2 is 2.12 bits per heavy atom. The van der Waals surface area contributed by atoms with Gasteiger partial charge in [0, 0.05) is 30.5 Å². The molecule has 26 heavy (non-hydrogen) atoms. The molecule has 0 saturated carbocycles. The van der Waals surface area contributed by atoms with E-state index >= 15 is 0 Å². The molecule has 1 unspecified atom stereocenters. The molecular weight excluding hydrogens is 348 g/mol. The van der Waals surface area contributed by atoms with E-state index in [2.05, 4.69) is 32.3 Å². The molecular formula is C19H21ClN6. The lowest BCUT2D eigenvalue weighted by molar-refractivity contribution is 0.260. The molecule has 1 N–H and O–H groups in total. The van der Waals surface area contributed by atoms with Gasteiger partial charge in [-0.25, -0.2) is 14.6 Å². The van der Waals surface area contributed by atoms with Gasteiger partial charge >= 0.3 is 0 Å². The van der Waals surface area contributed by atoms with Gasteiger partial charge < -0.3 is 10.2 Å². The minimum atomic E-state index is 0.384. The molecule has 1 saturated heterocycles. The molecule has 0 spiro atoms. The van der Waals surface area contributed by atoms with Gasteiger partial charge in [0.15, 0.2) is 0 Å². The van der Waals surface area contributed by atoms with E-state index in [1.807, 2.05) is 36.5 Å². The van der Waals surface area contributed by atoms with Crippen LogP contribution in [0.2, 0.25) is 5.02 Å². The Kier molecular flexibility index (Phi) is 4.86. The van der Waals surface area contributed by atoms with Crippen LogP contribution in [0, 0.1) is 0 Å². The third-order valence-corrected chi connectivity index (χ3v) is 4.91. The van der Waals surface area contributed by atoms with Gasteiger partial charge in [-0.15, -0.1) is 0 Å². The molecule has 134 valence electrons. The topological polar surface area (TPSA) is 58.9 Å². The zero-order chi connectivity index (χ0) is 17.9. The lowest BCUT2D eigenvalue weighted by Gasteiger charge is -2.30. The summed E-state index contributed by atoms with van der Waals surface area (Å²) < 4.78 is 1.77. The Labute approximate surface area is 157 Å². The lowest BCUT2D eigenvalue weighted by Crippen LogP contribution is -2.40. The predicted molar refractivity (Wildman–Crippen MR) is 104 cm³/mol. The number of nitrogens with zero attached hydrogens (tertiary/aromatic N) is 5. The Hall–Kier alpha value is -2.44. The average Bonchev–Trinajstić information content (AvgIpc) is 3.12. The summed E-state index contributed by atoms with van der Waals surface area (Å²) in [6.45, 7) is 2.17. The average molecular weight is 369 g/mol. The van der Waals surface area contributed by atoms with Crippen molar-refractivity contribution in [2.24, 2.45) is 0 Å². The fourth-order valence-corrected chi connectivity index (χ4v) is 3.50. The number of rotatable bonds is 4. The minimum absolute atomic E-state index is 0.384. The minimum Gasteiger partial charge on any atom is -0.350 e. The summed E-state index contributed by atoms with van der Waals surface area (Å²) in [5, 5.41) is 8.54. The highest BCUT2D eigenvalue weighted by Gasteiger charge is 2.18. The third kappa shape index (κ3) is 3.71. The standard InChI is InChI=1S/C19H21ClN6/c1-25-10-4-5-15(13-25)23-19-21-9-8-17(24-19)14-11-22-26(12-14)18-7-3-2-6-16(18)20/h2-3,6-9,11-12,15H,4-5,10,13H2,1H3,(H,21,23,24). The van der Waals surface area contributed by atoms with Crippen LogP contribution in [0.1, 0.15) is 12.8 Å². The number of anilines is 1. The van der Waals surface area contributed by atoms with Crippen molar-refractivity contribution in [3.63, 3.8) is 0 Å². The summed E-state index contributed by atoms with van der Waals surface area (Å²) >= 11 is 6.26. The number of likely N-dealkylation sites (N-methyl/N-ethyl adjacent to an activating group) is 1. The zero-order valence-electron chi connectivity index (χ0n) is 14.6. The summed E-state index contributed by atoms with van der Waals surface area (Å²) in [5.74, 6) is 0.660. The normalized spacial score (nSPS) is 18.0. The maximum absolute atomic E-state index is 6.26. The van der Waals surface area contributed by atoms with Crippen molar-refractivity contribution in [1.29, 1.82) is 0 Å². The summed E-state index contributed by atoms with van der Waals surface area (Å²) in [5.41, 5.74) is 2.61. The van der Waals surface area contributed by atoms with E-state index in [9.17, 15) is 0 Å². The Morgan fingerprint density at radius 3 is 2.96 bits per heavy atom. The molecule has 0 bridgehead atoms. The molecule has 3 heterocycles. The number of hydrogen-bond donors (Lipinski definition) is 1. The zero-order valence-corrected chi connectivity index (χ0v) is 15.4. The molecule has 7 heteroatoms. The summed E-state index contributed by atoms with van der Waals surface area (Å²) in [7, 11) is 2.15. The second-order valence-corrected chi connectivity index (χ2v) is 7.04. The maximum Gasteiger partial charge on any atom is 0.223 e. The second-order valence-electron chi connectivity index (χ2n) is 6.64. The van der Waals surface area contributed by atoms with Crippen LogP contribution in [0.25, 0.3) is 16.9 Å². The molecule has 0 aliphatic carbocycles. The Balaban J connectivity index is 1.54. The lowest BCUT2D eigenvalue weighted by atomic mass is 10.1. The molecule has 6 nitrogen and oxygen atoms in total. The summed E-state index contributed by atoms with van der Waals surface area (Å²) in [6, 6.07) is 9.91. The van der Waals surface area contributed by atoms with Crippen molar-refractivity contribution in [3.05, 3.63) is 53.9 Å². The van der Waals surface area contributed by atoms with Gasteiger partial charge in [0.25, 0.3) is 0 Å². The van der Waals surface area contributed by atoms with Crippen molar-refractivity contribution in [2.75, 3.05) is 25.5 Å². The Morgan fingerprint density at radius 1 is 1.23 bits per heavy atom. The highest BCUT2D eigenvalue weighted by Crippen LogP contribution is 2.23. The van der Waals surface area contributed by atoms with Gasteiger partial charge in [-0.2, -0.15) is 5.10 Å². The van der Waals surface area contributed by atoms with Crippen LogP contribution >= 0.6 is 11.6 Å². The number of para-hydroxylation sites is 1. The number of hydrogen-bond acceptors (Lipinski definition) is 5. The number of piperidine rings is 1. The molecule has 1 atom stereocenters. The van der Waals surface area contributed by atoms with Gasteiger partial charge in [0.2, 0.25) is 5.95 Å². The van der Waals surface area contributed by atoms with Crippen molar-refractivity contribution in [1.82, 2.24) is 24.6 Å². The first kappa shape index (κ1) is 17.0. The quantitative estimate of drug-likeness (QED) is 0.763. The van der Waals surface area contributed by atoms with Crippen LogP contribution in [0.3, 0.4) is 0 Å². The molecule has 3 aromatic rings. The molecule has 0 amide bonds. The second kappa shape index (κ2) is 7.43. The van der Waals surface area contributed by atoms with E-state index in [0.717, 1.165) is 36.5 Å². The van der Waals surface area contributed by atoms with Crippen LogP contribution in [-0.4, -0.2) is 50.8 Å². The summed E-state index contributed by atoms with van der Waals surface area (Å²) in [4.78, 5) is 11.4. The first-order valence-electron chi connectivity index (χ1n) is 8.77. The number of aromatic nitrogens is 4. The van der Waals surface area contributed by atoms with Crippen LogP contribution in [0.4, 0.5) is 5.95 Å². The fraction of sp³-hybridized carbons (Fsp3) is 0.316. The highest BCUT2D eigenvalue weighted by molar-refractivity contribution is 6.32. The van der Waals surface area contributed by atoms with Gasteiger partial charge in [0.05, 0.1) is 22.6 Å². The van der Waals surface area contributed by atoms with Crippen LogP contribution in [0.15, 0.2) is 48.9 Å². The highest BCUT2D eigenvalue weighted by atomic mass is 35.5. The van der Waals surface area contributed by atoms with E-state index in [0.29, 0.717) is 17.0 Å².